The Hall–Kier alpha value is -1.64. The van der Waals surface area contributed by atoms with Crippen molar-refractivity contribution in [2.24, 2.45) is 0 Å². The molecule has 0 bridgehead atoms. The van der Waals surface area contributed by atoms with Gasteiger partial charge in [0.2, 0.25) is 17.8 Å². The van der Waals surface area contributed by atoms with Crippen molar-refractivity contribution in [2.45, 2.75) is 38.5 Å². The van der Waals surface area contributed by atoms with Gasteiger partial charge in [0.25, 0.3) is 0 Å². The van der Waals surface area contributed by atoms with Gasteiger partial charge in [-0.15, -0.1) is 0 Å². The predicted molar refractivity (Wildman–Crippen MR) is 114 cm³/mol. The molecule has 26 heavy (non-hydrogen) atoms. The molecule has 1 aromatic carbocycles. The predicted octanol–water partition coefficient (Wildman–Crippen LogP) is 4.20. The van der Waals surface area contributed by atoms with E-state index in [0.717, 1.165) is 43.8 Å². The molecule has 6 nitrogen and oxygen atoms in total. The number of rotatable bonds is 4. The van der Waals surface area contributed by atoms with E-state index >= 15 is 0 Å². The lowest BCUT2D eigenvalue weighted by Crippen LogP contribution is -2.34. The van der Waals surface area contributed by atoms with Gasteiger partial charge in [0.1, 0.15) is 0 Å². The number of piperidine rings is 2. The van der Waals surface area contributed by atoms with Crippen molar-refractivity contribution < 1.29 is 0 Å². The molecule has 2 aliphatic rings. The highest BCUT2D eigenvalue weighted by molar-refractivity contribution is 14.1. The molecule has 2 aliphatic heterocycles. The number of aromatic nitrogens is 3. The third kappa shape index (κ3) is 4.36. The minimum absolute atomic E-state index is 0.642. The van der Waals surface area contributed by atoms with Gasteiger partial charge in [-0.2, -0.15) is 15.0 Å². The third-order valence-electron chi connectivity index (χ3n) is 4.97. The number of hydrogen-bond donors (Lipinski definition) is 1. The summed E-state index contributed by atoms with van der Waals surface area (Å²) in [6.07, 6.45) is 7.45. The number of benzene rings is 1. The van der Waals surface area contributed by atoms with Gasteiger partial charge in [0.15, 0.2) is 0 Å². The average molecular weight is 464 g/mol. The van der Waals surface area contributed by atoms with Crippen molar-refractivity contribution in [3.63, 3.8) is 0 Å². The minimum Gasteiger partial charge on any atom is -0.341 e. The molecular weight excluding hydrogens is 439 g/mol. The maximum Gasteiger partial charge on any atom is 0.233 e. The van der Waals surface area contributed by atoms with Crippen LogP contribution in [0.1, 0.15) is 38.5 Å². The Morgan fingerprint density at radius 3 is 1.88 bits per heavy atom. The summed E-state index contributed by atoms with van der Waals surface area (Å²) < 4.78 is 1.19. The maximum absolute atomic E-state index is 4.83. The van der Waals surface area contributed by atoms with E-state index in [1.807, 2.05) is 12.1 Å². The van der Waals surface area contributed by atoms with Crippen LogP contribution in [0.3, 0.4) is 0 Å². The minimum atomic E-state index is 0.642. The normalized spacial score (nSPS) is 18.0. The van der Waals surface area contributed by atoms with Crippen molar-refractivity contribution >= 4 is 46.1 Å². The lowest BCUT2D eigenvalue weighted by atomic mass is 10.1. The largest absolute Gasteiger partial charge is 0.341 e. The highest BCUT2D eigenvalue weighted by Crippen LogP contribution is 2.24. The SMILES string of the molecule is Ic1cccc(Nc2nc(N3CCCCC3)nc(N3CCCCC3)n2)c1. The molecule has 3 heterocycles. The molecule has 1 aromatic heterocycles. The standard InChI is InChI=1S/C19H25IN6/c20-15-8-7-9-16(14-15)21-17-22-18(25-10-3-1-4-11-25)24-19(23-17)26-12-5-2-6-13-26/h7-9,14H,1-6,10-13H2,(H,21,22,23,24). The van der Waals surface area contributed by atoms with Gasteiger partial charge >= 0.3 is 0 Å². The second-order valence-corrected chi connectivity index (χ2v) is 8.24. The summed E-state index contributed by atoms with van der Waals surface area (Å²) in [5, 5.41) is 3.38. The first kappa shape index (κ1) is 17.8. The first-order chi connectivity index (χ1) is 12.8. The van der Waals surface area contributed by atoms with Gasteiger partial charge in [-0.25, -0.2) is 0 Å². The van der Waals surface area contributed by atoms with E-state index in [1.54, 1.807) is 0 Å². The van der Waals surface area contributed by atoms with Crippen LogP contribution in [0.15, 0.2) is 24.3 Å². The van der Waals surface area contributed by atoms with Crippen LogP contribution in [0.5, 0.6) is 0 Å². The summed E-state index contributed by atoms with van der Waals surface area (Å²) in [5.41, 5.74) is 1.01. The van der Waals surface area contributed by atoms with Crippen LogP contribution in [-0.2, 0) is 0 Å². The number of halogens is 1. The molecule has 0 aliphatic carbocycles. The quantitative estimate of drug-likeness (QED) is 0.685. The van der Waals surface area contributed by atoms with E-state index in [0.29, 0.717) is 5.95 Å². The van der Waals surface area contributed by atoms with Crippen molar-refractivity contribution in [3.8, 4) is 0 Å². The molecule has 2 fully saturated rings. The summed E-state index contributed by atoms with van der Waals surface area (Å²) in [6.45, 7) is 4.14. The van der Waals surface area contributed by atoms with Crippen molar-refractivity contribution in [3.05, 3.63) is 27.8 Å². The highest BCUT2D eigenvalue weighted by Gasteiger charge is 2.20. The van der Waals surface area contributed by atoms with Gasteiger partial charge in [-0.1, -0.05) is 6.07 Å². The first-order valence-electron chi connectivity index (χ1n) is 9.56. The monoisotopic (exact) mass is 464 g/mol. The fourth-order valence-corrected chi connectivity index (χ4v) is 4.12. The second kappa shape index (κ2) is 8.37. The Kier molecular flexibility index (Phi) is 5.72. The average Bonchev–Trinajstić information content (AvgIpc) is 2.69. The summed E-state index contributed by atoms with van der Waals surface area (Å²) in [5.74, 6) is 2.27. The van der Waals surface area contributed by atoms with E-state index in [9.17, 15) is 0 Å². The molecule has 138 valence electrons. The number of nitrogens with zero attached hydrogens (tertiary/aromatic N) is 5. The van der Waals surface area contributed by atoms with Gasteiger partial charge in [-0.3, -0.25) is 0 Å². The lowest BCUT2D eigenvalue weighted by molar-refractivity contribution is 0.556. The molecular formula is C19H25IN6. The van der Waals surface area contributed by atoms with Gasteiger partial charge in [0, 0.05) is 35.4 Å². The van der Waals surface area contributed by atoms with E-state index in [-0.39, 0.29) is 0 Å². The fraction of sp³-hybridized carbons (Fsp3) is 0.526. The summed E-state index contributed by atoms with van der Waals surface area (Å²) >= 11 is 2.32. The topological polar surface area (TPSA) is 57.2 Å². The summed E-state index contributed by atoms with van der Waals surface area (Å²) in [7, 11) is 0. The van der Waals surface area contributed by atoms with Crippen LogP contribution < -0.4 is 15.1 Å². The summed E-state index contributed by atoms with van der Waals surface area (Å²) in [4.78, 5) is 18.9. The van der Waals surface area contributed by atoms with E-state index in [2.05, 4.69) is 49.8 Å². The molecule has 0 radical (unpaired) electrons. The number of hydrogen-bond acceptors (Lipinski definition) is 6. The van der Waals surface area contributed by atoms with Crippen LogP contribution in [0.2, 0.25) is 0 Å². The smallest absolute Gasteiger partial charge is 0.233 e. The zero-order chi connectivity index (χ0) is 17.8. The Labute approximate surface area is 168 Å². The maximum atomic E-state index is 4.83. The van der Waals surface area contributed by atoms with Crippen molar-refractivity contribution in [1.82, 2.24) is 15.0 Å². The number of nitrogens with one attached hydrogen (secondary N) is 1. The van der Waals surface area contributed by atoms with E-state index in [4.69, 9.17) is 15.0 Å². The third-order valence-corrected chi connectivity index (χ3v) is 5.64. The second-order valence-electron chi connectivity index (χ2n) is 6.99. The zero-order valence-corrected chi connectivity index (χ0v) is 17.2. The molecule has 0 amide bonds. The molecule has 2 saturated heterocycles. The first-order valence-corrected chi connectivity index (χ1v) is 10.6. The molecule has 2 aromatic rings. The molecule has 0 unspecified atom stereocenters. The highest BCUT2D eigenvalue weighted by atomic mass is 127. The Bertz CT molecular complexity index is 704. The van der Waals surface area contributed by atoms with Crippen LogP contribution >= 0.6 is 22.6 Å². The molecule has 4 rings (SSSR count). The van der Waals surface area contributed by atoms with Crippen molar-refractivity contribution in [1.29, 1.82) is 0 Å². The van der Waals surface area contributed by atoms with E-state index < -0.39 is 0 Å². The molecule has 0 atom stereocenters. The molecule has 0 saturated carbocycles. The molecule has 0 spiro atoms. The van der Waals surface area contributed by atoms with Gasteiger partial charge in [-0.05, 0) is 79.3 Å². The Balaban J connectivity index is 1.64. The lowest BCUT2D eigenvalue weighted by Gasteiger charge is -2.30. The van der Waals surface area contributed by atoms with Crippen LogP contribution in [0.25, 0.3) is 0 Å². The van der Waals surface area contributed by atoms with Crippen LogP contribution in [0, 0.1) is 3.57 Å². The van der Waals surface area contributed by atoms with Crippen molar-refractivity contribution in [2.75, 3.05) is 41.3 Å². The van der Waals surface area contributed by atoms with Gasteiger partial charge < -0.3 is 15.1 Å². The van der Waals surface area contributed by atoms with Crippen LogP contribution in [0.4, 0.5) is 23.5 Å². The summed E-state index contributed by atoms with van der Waals surface area (Å²) in [6, 6.07) is 8.28. The molecule has 1 N–H and O–H groups in total. The van der Waals surface area contributed by atoms with Gasteiger partial charge in [0.05, 0.1) is 0 Å². The molecule has 7 heteroatoms. The zero-order valence-electron chi connectivity index (χ0n) is 15.0. The van der Waals surface area contributed by atoms with E-state index in [1.165, 1.54) is 42.1 Å². The number of anilines is 4. The Morgan fingerprint density at radius 2 is 1.35 bits per heavy atom. The Morgan fingerprint density at radius 1 is 0.769 bits per heavy atom. The fourth-order valence-electron chi connectivity index (χ4n) is 3.58. The van der Waals surface area contributed by atoms with Crippen LogP contribution in [-0.4, -0.2) is 41.1 Å².